The van der Waals surface area contributed by atoms with E-state index >= 15 is 0 Å². The zero-order valence-electron chi connectivity index (χ0n) is 19.1. The van der Waals surface area contributed by atoms with E-state index in [0.29, 0.717) is 11.7 Å². The molecule has 2 aliphatic rings. The molecule has 0 saturated carbocycles. The van der Waals surface area contributed by atoms with Gasteiger partial charge in [0.05, 0.1) is 23.1 Å². The monoisotopic (exact) mass is 442 g/mol. The Hall–Kier alpha value is -3.26. The van der Waals surface area contributed by atoms with Crippen molar-refractivity contribution in [3.8, 4) is 11.5 Å². The molecule has 8 nitrogen and oxygen atoms in total. The number of pyridine rings is 1. The van der Waals surface area contributed by atoms with Gasteiger partial charge in [-0.25, -0.2) is 4.98 Å². The molecule has 33 heavy (non-hydrogen) atoms. The van der Waals surface area contributed by atoms with E-state index in [4.69, 9.17) is 10.1 Å². The van der Waals surface area contributed by atoms with Crippen molar-refractivity contribution in [1.82, 2.24) is 30.1 Å². The number of aromatic nitrogens is 5. The Morgan fingerprint density at radius 3 is 2.91 bits per heavy atom. The maximum atomic E-state index is 5.03. The Bertz CT molecular complexity index is 1290. The molecule has 1 aromatic carbocycles. The maximum absolute atomic E-state index is 5.03. The number of piperidine rings is 1. The number of nitrogens with one attached hydrogen (secondary N) is 2. The molecule has 0 bridgehead atoms. The summed E-state index contributed by atoms with van der Waals surface area (Å²) >= 11 is 0. The zero-order valence-corrected chi connectivity index (χ0v) is 19.1. The van der Waals surface area contributed by atoms with E-state index in [-0.39, 0.29) is 0 Å². The Balaban J connectivity index is 1.37. The molecule has 1 fully saturated rings. The second-order valence-electron chi connectivity index (χ2n) is 9.29. The van der Waals surface area contributed by atoms with Crippen molar-refractivity contribution in [3.63, 3.8) is 0 Å². The van der Waals surface area contributed by atoms with E-state index in [1.54, 1.807) is 0 Å². The summed E-state index contributed by atoms with van der Waals surface area (Å²) in [5, 5.41) is 22.0. The molecule has 1 saturated heterocycles. The quantitative estimate of drug-likeness (QED) is 0.500. The van der Waals surface area contributed by atoms with Crippen LogP contribution in [0.5, 0.6) is 0 Å². The summed E-state index contributed by atoms with van der Waals surface area (Å²) in [6, 6.07) is 10.5. The molecule has 170 valence electrons. The average molecular weight is 443 g/mol. The highest BCUT2D eigenvalue weighted by Gasteiger charge is 2.21. The highest BCUT2D eigenvalue weighted by molar-refractivity contribution is 5.91. The zero-order chi connectivity index (χ0) is 22.2. The van der Waals surface area contributed by atoms with E-state index in [9.17, 15) is 0 Å². The molecular formula is C25H30N8. The van der Waals surface area contributed by atoms with Crippen molar-refractivity contribution in [3.05, 3.63) is 42.1 Å². The molecule has 0 unspecified atom stereocenters. The average Bonchev–Trinajstić information content (AvgIpc) is 3.20. The molecule has 8 heteroatoms. The first-order valence-corrected chi connectivity index (χ1v) is 12.1. The lowest BCUT2D eigenvalue weighted by molar-refractivity contribution is 0.390. The van der Waals surface area contributed by atoms with Gasteiger partial charge in [-0.1, -0.05) is 18.2 Å². The highest BCUT2D eigenvalue weighted by atomic mass is 15.4. The van der Waals surface area contributed by atoms with E-state index in [2.05, 4.69) is 57.0 Å². The van der Waals surface area contributed by atoms with Crippen LogP contribution in [0.2, 0.25) is 0 Å². The standard InChI is InChI=1S/C25H30N8/c1-32-14-3-2-6-19-22(32)16-28-33-24(19)30-31-25(33)21-9-8-18-5-4-7-20(23(18)29-21)27-15-17-10-12-26-13-11-17/h4-5,7-9,16-17,26-27H,2-3,6,10-15H2,1H3. The first-order chi connectivity index (χ1) is 16.3. The maximum Gasteiger partial charge on any atom is 0.203 e. The Labute approximate surface area is 193 Å². The van der Waals surface area contributed by atoms with E-state index in [0.717, 1.165) is 72.6 Å². The molecule has 0 amide bonds. The number of fused-ring (bicyclic) bond motifs is 4. The Kier molecular flexibility index (Phi) is 5.30. The van der Waals surface area contributed by atoms with Gasteiger partial charge in [0.1, 0.15) is 5.69 Å². The van der Waals surface area contributed by atoms with Crippen molar-refractivity contribution >= 4 is 27.9 Å². The number of aryl methyl sites for hydroxylation is 1. The summed E-state index contributed by atoms with van der Waals surface area (Å²) in [4.78, 5) is 7.30. The minimum atomic E-state index is 0.690. The van der Waals surface area contributed by atoms with Crippen LogP contribution in [0, 0.1) is 5.92 Å². The van der Waals surface area contributed by atoms with Crippen LogP contribution in [-0.4, -0.2) is 58.0 Å². The fourth-order valence-corrected chi connectivity index (χ4v) is 5.14. The topological polar surface area (TPSA) is 83.3 Å². The van der Waals surface area contributed by atoms with Gasteiger partial charge in [0, 0.05) is 31.1 Å². The molecule has 0 aliphatic carbocycles. The SMILES string of the molecule is CN1CCCCc2c1cnn1c(-c3ccc4cccc(NCC5CCNCC5)c4n3)nnc21. The molecular weight excluding hydrogens is 412 g/mol. The predicted molar refractivity (Wildman–Crippen MR) is 132 cm³/mol. The summed E-state index contributed by atoms with van der Waals surface area (Å²) in [7, 11) is 2.13. The van der Waals surface area contributed by atoms with Crippen LogP contribution in [0.25, 0.3) is 28.1 Å². The number of para-hydroxylation sites is 1. The van der Waals surface area contributed by atoms with Crippen molar-refractivity contribution in [2.75, 3.05) is 43.4 Å². The molecule has 6 rings (SSSR count). The highest BCUT2D eigenvalue weighted by Crippen LogP contribution is 2.30. The minimum absolute atomic E-state index is 0.690. The van der Waals surface area contributed by atoms with Gasteiger partial charge in [0.25, 0.3) is 0 Å². The lowest BCUT2D eigenvalue weighted by Crippen LogP contribution is -2.31. The van der Waals surface area contributed by atoms with E-state index in [1.165, 1.54) is 24.8 Å². The lowest BCUT2D eigenvalue weighted by Gasteiger charge is -2.23. The normalized spacial score (nSPS) is 17.3. The van der Waals surface area contributed by atoms with Crippen molar-refractivity contribution in [1.29, 1.82) is 0 Å². The number of nitrogens with zero attached hydrogens (tertiary/aromatic N) is 6. The molecule has 5 heterocycles. The van der Waals surface area contributed by atoms with Gasteiger partial charge in [0.2, 0.25) is 5.82 Å². The van der Waals surface area contributed by atoms with E-state index in [1.807, 2.05) is 16.8 Å². The fraction of sp³-hybridized carbons (Fsp3) is 0.440. The van der Waals surface area contributed by atoms with Crippen molar-refractivity contribution < 1.29 is 0 Å². The van der Waals surface area contributed by atoms with Crippen LogP contribution in [-0.2, 0) is 6.42 Å². The van der Waals surface area contributed by atoms with Crippen LogP contribution in [0.4, 0.5) is 11.4 Å². The molecule has 4 aromatic rings. The molecule has 0 spiro atoms. The Morgan fingerprint density at radius 2 is 2.00 bits per heavy atom. The number of hydrogen-bond acceptors (Lipinski definition) is 7. The van der Waals surface area contributed by atoms with Crippen LogP contribution in [0.15, 0.2) is 36.5 Å². The summed E-state index contributed by atoms with van der Waals surface area (Å²) in [5.41, 5.74) is 6.07. The second-order valence-corrected chi connectivity index (χ2v) is 9.29. The van der Waals surface area contributed by atoms with Crippen LogP contribution in [0.3, 0.4) is 0 Å². The lowest BCUT2D eigenvalue weighted by atomic mass is 9.98. The smallest absolute Gasteiger partial charge is 0.203 e. The van der Waals surface area contributed by atoms with Gasteiger partial charge in [-0.3, -0.25) is 0 Å². The fourth-order valence-electron chi connectivity index (χ4n) is 5.14. The van der Waals surface area contributed by atoms with Crippen LogP contribution >= 0.6 is 0 Å². The largest absolute Gasteiger partial charge is 0.383 e. The molecule has 0 radical (unpaired) electrons. The van der Waals surface area contributed by atoms with Gasteiger partial charge in [0.15, 0.2) is 5.65 Å². The van der Waals surface area contributed by atoms with Gasteiger partial charge in [-0.15, -0.1) is 10.2 Å². The van der Waals surface area contributed by atoms with Crippen molar-refractivity contribution in [2.24, 2.45) is 5.92 Å². The number of hydrogen-bond donors (Lipinski definition) is 2. The number of benzene rings is 1. The van der Waals surface area contributed by atoms with Crippen LogP contribution in [0.1, 0.15) is 31.2 Å². The summed E-state index contributed by atoms with van der Waals surface area (Å²) in [5.74, 6) is 1.39. The van der Waals surface area contributed by atoms with E-state index < -0.39 is 0 Å². The minimum Gasteiger partial charge on any atom is -0.383 e. The predicted octanol–water partition coefficient (Wildman–Crippen LogP) is 3.52. The molecule has 2 N–H and O–H groups in total. The Morgan fingerprint density at radius 1 is 1.09 bits per heavy atom. The molecule has 3 aromatic heterocycles. The molecule has 2 aliphatic heterocycles. The third kappa shape index (κ3) is 3.78. The third-order valence-corrected chi connectivity index (χ3v) is 7.09. The first-order valence-electron chi connectivity index (χ1n) is 12.1. The van der Waals surface area contributed by atoms with Gasteiger partial charge >= 0.3 is 0 Å². The van der Waals surface area contributed by atoms with Crippen LogP contribution < -0.4 is 15.5 Å². The molecule has 0 atom stereocenters. The number of rotatable bonds is 4. The number of anilines is 2. The van der Waals surface area contributed by atoms with Crippen molar-refractivity contribution in [2.45, 2.75) is 32.1 Å². The first kappa shape index (κ1) is 20.4. The summed E-state index contributed by atoms with van der Waals surface area (Å²) in [6.45, 7) is 4.24. The summed E-state index contributed by atoms with van der Waals surface area (Å²) < 4.78 is 1.86. The van der Waals surface area contributed by atoms with Gasteiger partial charge in [-0.05, 0) is 63.2 Å². The second kappa shape index (κ2) is 8.59. The van der Waals surface area contributed by atoms with Gasteiger partial charge in [-0.2, -0.15) is 9.61 Å². The third-order valence-electron chi connectivity index (χ3n) is 7.09. The summed E-state index contributed by atoms with van der Waals surface area (Å²) in [6.07, 6.45) is 7.71. The van der Waals surface area contributed by atoms with Gasteiger partial charge < -0.3 is 15.5 Å².